The van der Waals surface area contributed by atoms with Gasteiger partial charge in [0.25, 0.3) is 0 Å². The van der Waals surface area contributed by atoms with Crippen LogP contribution < -0.4 is 4.72 Å². The van der Waals surface area contributed by atoms with E-state index in [1.54, 1.807) is 24.3 Å². The first-order valence-electron chi connectivity index (χ1n) is 7.23. The number of nitrogens with one attached hydrogen (secondary N) is 1. The van der Waals surface area contributed by atoms with Crippen LogP contribution in [0.4, 0.5) is 0 Å². The minimum atomic E-state index is -3.51. The van der Waals surface area contributed by atoms with Crippen LogP contribution in [0.25, 0.3) is 0 Å². The number of carbonyl (C=O) groups is 1. The molecule has 3 aromatic heterocycles. The van der Waals surface area contributed by atoms with E-state index in [1.807, 2.05) is 23.8 Å². The van der Waals surface area contributed by atoms with Crippen molar-refractivity contribution in [3.8, 4) is 0 Å². The highest BCUT2D eigenvalue weighted by atomic mass is 32.2. The van der Waals surface area contributed by atoms with E-state index in [-0.39, 0.29) is 12.3 Å². The molecule has 24 heavy (non-hydrogen) atoms. The van der Waals surface area contributed by atoms with E-state index in [4.69, 9.17) is 0 Å². The van der Waals surface area contributed by atoms with Crippen LogP contribution in [0.1, 0.15) is 31.9 Å². The van der Waals surface area contributed by atoms with Crippen molar-refractivity contribution in [1.29, 1.82) is 0 Å². The minimum absolute atomic E-state index is 0.0267. The lowest BCUT2D eigenvalue weighted by atomic mass is 10.2. The largest absolute Gasteiger partial charge is 0.288 e. The van der Waals surface area contributed by atoms with Crippen molar-refractivity contribution in [3.05, 3.63) is 61.3 Å². The van der Waals surface area contributed by atoms with Crippen molar-refractivity contribution in [1.82, 2.24) is 4.72 Å². The Balaban J connectivity index is 1.68. The SMILES string of the molecule is CCc1ccc(S(=O)(=O)NCc2ccc(C(=O)c3ccsc3)s2)s1. The van der Waals surface area contributed by atoms with Gasteiger partial charge in [0.2, 0.25) is 15.8 Å². The Morgan fingerprint density at radius 2 is 1.88 bits per heavy atom. The Hall–Kier alpha value is -1.32. The fourth-order valence-electron chi connectivity index (χ4n) is 2.06. The molecular weight excluding hydrogens is 382 g/mol. The molecule has 0 aliphatic rings. The summed E-state index contributed by atoms with van der Waals surface area (Å²) in [5, 5.41) is 3.67. The molecule has 3 rings (SSSR count). The zero-order valence-corrected chi connectivity index (χ0v) is 16.1. The van der Waals surface area contributed by atoms with Gasteiger partial charge in [-0.15, -0.1) is 22.7 Å². The highest BCUT2D eigenvalue weighted by Crippen LogP contribution is 2.24. The van der Waals surface area contributed by atoms with Gasteiger partial charge >= 0.3 is 0 Å². The van der Waals surface area contributed by atoms with Gasteiger partial charge in [-0.2, -0.15) is 11.3 Å². The van der Waals surface area contributed by atoms with Crippen LogP contribution in [0, 0.1) is 0 Å². The number of ketones is 1. The zero-order valence-electron chi connectivity index (χ0n) is 12.8. The van der Waals surface area contributed by atoms with Crippen LogP contribution in [0.3, 0.4) is 0 Å². The fourth-order valence-corrected chi connectivity index (χ4v) is 6.04. The van der Waals surface area contributed by atoms with Gasteiger partial charge in [0.1, 0.15) is 4.21 Å². The molecule has 0 saturated carbocycles. The minimum Gasteiger partial charge on any atom is -0.288 e. The third-order valence-corrected chi connectivity index (χ3v) is 8.25. The van der Waals surface area contributed by atoms with Gasteiger partial charge in [-0.25, -0.2) is 13.1 Å². The molecule has 3 heterocycles. The zero-order chi connectivity index (χ0) is 17.2. The predicted molar refractivity (Wildman–Crippen MR) is 99.8 cm³/mol. The number of sulfonamides is 1. The van der Waals surface area contributed by atoms with E-state index in [0.29, 0.717) is 14.6 Å². The maximum Gasteiger partial charge on any atom is 0.250 e. The first-order valence-corrected chi connectivity index (χ1v) is 11.3. The molecule has 0 saturated heterocycles. The van der Waals surface area contributed by atoms with Crippen molar-refractivity contribution in [3.63, 3.8) is 0 Å². The monoisotopic (exact) mass is 397 g/mol. The summed E-state index contributed by atoms with van der Waals surface area (Å²) in [7, 11) is -3.51. The summed E-state index contributed by atoms with van der Waals surface area (Å²) in [6.45, 7) is 2.18. The highest BCUT2D eigenvalue weighted by molar-refractivity contribution is 7.91. The molecule has 8 heteroatoms. The smallest absolute Gasteiger partial charge is 0.250 e. The van der Waals surface area contributed by atoms with Crippen molar-refractivity contribution in [2.75, 3.05) is 0 Å². The Kier molecular flexibility index (Phi) is 5.31. The van der Waals surface area contributed by atoms with Crippen molar-refractivity contribution < 1.29 is 13.2 Å². The van der Waals surface area contributed by atoms with Crippen LogP contribution in [-0.4, -0.2) is 14.2 Å². The van der Waals surface area contributed by atoms with E-state index in [0.717, 1.165) is 16.2 Å². The summed E-state index contributed by atoms with van der Waals surface area (Å²) >= 11 is 4.08. The van der Waals surface area contributed by atoms with Gasteiger partial charge in [0.15, 0.2) is 0 Å². The Morgan fingerprint density at radius 3 is 2.54 bits per heavy atom. The van der Waals surface area contributed by atoms with Crippen molar-refractivity contribution in [2.24, 2.45) is 0 Å². The van der Waals surface area contributed by atoms with Crippen LogP contribution in [0.15, 0.2) is 45.3 Å². The third-order valence-electron chi connectivity index (χ3n) is 3.36. The van der Waals surface area contributed by atoms with Crippen LogP contribution >= 0.6 is 34.0 Å². The summed E-state index contributed by atoms with van der Waals surface area (Å²) < 4.78 is 27.5. The number of hydrogen-bond acceptors (Lipinski definition) is 6. The van der Waals surface area contributed by atoms with Gasteiger partial charge in [0.05, 0.1) is 4.88 Å². The molecule has 0 amide bonds. The van der Waals surface area contributed by atoms with Crippen molar-refractivity contribution >= 4 is 49.8 Å². The molecule has 0 aliphatic heterocycles. The molecule has 4 nitrogen and oxygen atoms in total. The summed E-state index contributed by atoms with van der Waals surface area (Å²) in [5.74, 6) is -0.0267. The molecule has 1 N–H and O–H groups in total. The number of hydrogen-bond donors (Lipinski definition) is 1. The van der Waals surface area contributed by atoms with E-state index in [1.165, 1.54) is 34.0 Å². The Labute approximate surface area is 152 Å². The average molecular weight is 398 g/mol. The van der Waals surface area contributed by atoms with Gasteiger partial charge in [-0.1, -0.05) is 6.92 Å². The quantitative estimate of drug-likeness (QED) is 0.609. The summed E-state index contributed by atoms with van der Waals surface area (Å²) in [6, 6.07) is 8.79. The van der Waals surface area contributed by atoms with Crippen LogP contribution in [0.5, 0.6) is 0 Å². The second kappa shape index (κ2) is 7.28. The number of thiophene rings is 3. The molecule has 0 bridgehead atoms. The lowest BCUT2D eigenvalue weighted by molar-refractivity contribution is 0.104. The highest BCUT2D eigenvalue weighted by Gasteiger charge is 2.17. The normalized spacial score (nSPS) is 11.7. The number of carbonyl (C=O) groups excluding carboxylic acids is 1. The number of rotatable bonds is 7. The topological polar surface area (TPSA) is 63.2 Å². The molecule has 0 unspecified atom stereocenters. The van der Waals surface area contributed by atoms with E-state index in [2.05, 4.69) is 4.72 Å². The number of aryl methyl sites for hydroxylation is 1. The third kappa shape index (κ3) is 3.84. The van der Waals surface area contributed by atoms with E-state index in [9.17, 15) is 13.2 Å². The van der Waals surface area contributed by atoms with E-state index < -0.39 is 10.0 Å². The molecule has 0 aromatic carbocycles. The van der Waals surface area contributed by atoms with E-state index >= 15 is 0 Å². The first-order chi connectivity index (χ1) is 11.5. The first kappa shape index (κ1) is 17.5. The molecule has 3 aromatic rings. The summed E-state index contributed by atoms with van der Waals surface area (Å²) in [5.41, 5.74) is 0.666. The van der Waals surface area contributed by atoms with Gasteiger partial charge in [0, 0.05) is 27.2 Å². The Morgan fingerprint density at radius 1 is 1.08 bits per heavy atom. The predicted octanol–water partition coefficient (Wildman–Crippen LogP) is 4.14. The second-order valence-corrected chi connectivity index (χ2v) is 10.1. The standard InChI is InChI=1S/C16H15NO3S4/c1-2-12-4-6-15(23-12)24(19,20)17-9-13-3-5-14(22-13)16(18)11-7-8-21-10-11/h3-8,10,17H,2,9H2,1H3. The van der Waals surface area contributed by atoms with Gasteiger partial charge in [-0.05, 0) is 42.1 Å². The van der Waals surface area contributed by atoms with Gasteiger partial charge in [-0.3, -0.25) is 4.79 Å². The lowest BCUT2D eigenvalue weighted by Crippen LogP contribution is -2.21. The maximum absolute atomic E-state index is 12.3. The molecule has 0 spiro atoms. The van der Waals surface area contributed by atoms with Crippen molar-refractivity contribution in [2.45, 2.75) is 24.1 Å². The van der Waals surface area contributed by atoms with Gasteiger partial charge < -0.3 is 0 Å². The molecule has 126 valence electrons. The lowest BCUT2D eigenvalue weighted by Gasteiger charge is -2.02. The van der Waals surface area contributed by atoms with Crippen LogP contribution in [0.2, 0.25) is 0 Å². The van der Waals surface area contributed by atoms with Crippen LogP contribution in [-0.2, 0) is 23.0 Å². The molecule has 0 radical (unpaired) electrons. The average Bonchev–Trinajstić information content (AvgIpc) is 3.33. The molecule has 0 fully saturated rings. The molecule has 0 atom stereocenters. The fraction of sp³-hybridized carbons (Fsp3) is 0.188. The summed E-state index contributed by atoms with van der Waals surface area (Å²) in [6.07, 6.45) is 0.819. The maximum atomic E-state index is 12.3. The molecular formula is C16H15NO3S4. The second-order valence-electron chi connectivity index (χ2n) is 5.01. The molecule has 0 aliphatic carbocycles. The Bertz CT molecular complexity index is 936. The summed E-state index contributed by atoms with van der Waals surface area (Å²) in [4.78, 5) is 14.7.